The van der Waals surface area contributed by atoms with Crippen molar-refractivity contribution < 1.29 is 15.1 Å². The summed E-state index contributed by atoms with van der Waals surface area (Å²) in [4.78, 5) is 0. The van der Waals surface area contributed by atoms with E-state index in [1.165, 1.54) is 0 Å². The van der Waals surface area contributed by atoms with E-state index in [1.54, 1.807) is 0 Å². The van der Waals surface area contributed by atoms with Gasteiger partial charge in [-0.1, -0.05) is 0 Å². The molecule has 6 heteroatoms. The third kappa shape index (κ3) is 36.4. The Labute approximate surface area is 71.3 Å². The van der Waals surface area contributed by atoms with Gasteiger partial charge < -0.3 is 0 Å². The van der Waals surface area contributed by atoms with E-state index in [-0.39, 0.29) is 37.2 Å². The Kier molecular flexibility index (Phi) is 112. The Morgan fingerprint density at radius 3 is 0.833 bits per heavy atom. The first kappa shape index (κ1) is 24.3. The summed E-state index contributed by atoms with van der Waals surface area (Å²) in [5.74, 6) is 0. The van der Waals surface area contributed by atoms with Crippen LogP contribution in [0.2, 0.25) is 0 Å². The maximum absolute atomic E-state index is 4.95. The molecule has 0 radical (unpaired) electrons. The fraction of sp³-hybridized carbons (Fsp3) is 0. The molecule has 40 valence electrons. The average molecular weight is 246 g/mol. The van der Waals surface area contributed by atoms with Crippen molar-refractivity contribution in [2.45, 2.75) is 0 Å². The molecule has 0 aromatic heterocycles. The van der Waals surface area contributed by atoms with Crippen molar-refractivity contribution in [2.24, 2.45) is 0 Å². The van der Waals surface area contributed by atoms with Crippen LogP contribution >= 0.6 is 56.6 Å². The molecule has 0 aromatic carbocycles. The van der Waals surface area contributed by atoms with Gasteiger partial charge in [-0.25, -0.2) is 0 Å². The van der Waals surface area contributed by atoms with Crippen molar-refractivity contribution in [3.63, 3.8) is 0 Å². The molecule has 0 aliphatic heterocycles. The third-order valence-corrected chi connectivity index (χ3v) is 0. The first-order valence-corrected chi connectivity index (χ1v) is 8.33. The Hall–Kier alpha value is 2.07. The van der Waals surface area contributed by atoms with Gasteiger partial charge in [-0.15, -0.1) is 37.2 Å². The minimum absolute atomic E-state index is 0. The Morgan fingerprint density at radius 2 is 0.833 bits per heavy atom. The van der Waals surface area contributed by atoms with Gasteiger partial charge in [0, 0.05) is 0 Å². The van der Waals surface area contributed by atoms with Crippen LogP contribution in [0.1, 0.15) is 0 Å². The first-order valence-electron chi connectivity index (χ1n) is 0.535. The van der Waals surface area contributed by atoms with Crippen LogP contribution in [0.4, 0.5) is 0 Å². The molecule has 0 aliphatic rings. The molecule has 0 spiro atoms. The van der Waals surface area contributed by atoms with Gasteiger partial charge in [-0.05, 0) is 0 Å². The van der Waals surface area contributed by atoms with E-state index in [0.29, 0.717) is 0 Å². The fourth-order valence-corrected chi connectivity index (χ4v) is 0. The van der Waals surface area contributed by atoms with Gasteiger partial charge in [0.05, 0.1) is 0 Å². The Morgan fingerprint density at radius 1 is 0.833 bits per heavy atom. The van der Waals surface area contributed by atoms with E-state index < -0.39 is 15.1 Å². The quantitative estimate of drug-likeness (QED) is 0.576. The van der Waals surface area contributed by atoms with E-state index in [4.69, 9.17) is 19.4 Å². The molecule has 0 amide bonds. The van der Waals surface area contributed by atoms with Crippen molar-refractivity contribution in [1.82, 2.24) is 0 Å². The van der Waals surface area contributed by atoms with Crippen LogP contribution in [-0.2, 0) is 15.1 Å². The number of halogens is 5. The van der Waals surface area contributed by atoms with Gasteiger partial charge in [-0.2, -0.15) is 0 Å². The molecule has 0 aromatic rings. The predicted octanol–water partition coefficient (Wildman–Crippen LogP) is 2.64. The monoisotopic (exact) mass is 242 g/mol. The topological polar surface area (TPSA) is 0 Å². The van der Waals surface area contributed by atoms with E-state index >= 15 is 0 Å². The Balaban J connectivity index is -0.00000000667. The van der Waals surface area contributed by atoms with Crippen LogP contribution in [0.3, 0.4) is 0 Å². The standard InChI is InChI=1S/5ClH.Zn/h5*1H;/q;;;;;+2/p-2. The molecule has 0 saturated heterocycles. The zero-order chi connectivity index (χ0) is 2.71. The van der Waals surface area contributed by atoms with E-state index in [9.17, 15) is 0 Å². The molecule has 0 nitrogen and oxygen atoms in total. The van der Waals surface area contributed by atoms with Gasteiger partial charge in [0.1, 0.15) is 0 Å². The maximum atomic E-state index is 4.95. The molecule has 0 rings (SSSR count). The zero-order valence-electron chi connectivity index (χ0n) is 2.69. The molecular weight excluding hydrogens is 243 g/mol. The second-order valence-electron chi connectivity index (χ2n) is 0.101. The molecule has 0 bridgehead atoms. The van der Waals surface area contributed by atoms with Gasteiger partial charge in [0.25, 0.3) is 0 Å². The molecule has 0 heterocycles. The van der Waals surface area contributed by atoms with E-state index in [1.807, 2.05) is 0 Å². The van der Waals surface area contributed by atoms with Crippen LogP contribution in [0.15, 0.2) is 0 Å². The summed E-state index contributed by atoms with van der Waals surface area (Å²) >= 11 is -0.931. The minimum atomic E-state index is -0.931. The SMILES string of the molecule is Cl.Cl.Cl.[Cl][Zn][Cl]. The summed E-state index contributed by atoms with van der Waals surface area (Å²) in [5.41, 5.74) is 0. The van der Waals surface area contributed by atoms with Crippen LogP contribution in [0.25, 0.3) is 0 Å². The number of hydrogen-bond acceptors (Lipinski definition) is 0. The van der Waals surface area contributed by atoms with Crippen LogP contribution < -0.4 is 0 Å². The van der Waals surface area contributed by atoms with Crippen LogP contribution in [0.5, 0.6) is 0 Å². The van der Waals surface area contributed by atoms with Crippen LogP contribution in [-0.4, -0.2) is 0 Å². The third-order valence-electron chi connectivity index (χ3n) is 0. The van der Waals surface area contributed by atoms with Crippen molar-refractivity contribution in [3.8, 4) is 0 Å². The number of rotatable bonds is 0. The summed E-state index contributed by atoms with van der Waals surface area (Å²) in [7, 11) is 9.90. The van der Waals surface area contributed by atoms with E-state index in [2.05, 4.69) is 0 Å². The predicted molar refractivity (Wildman–Crippen MR) is 33.5 cm³/mol. The molecule has 0 aliphatic carbocycles. The number of hydrogen-bond donors (Lipinski definition) is 0. The molecule has 0 atom stereocenters. The Bertz CT molecular complexity index is 3.90. The zero-order valence-corrected chi connectivity index (χ0v) is 9.62. The van der Waals surface area contributed by atoms with Crippen molar-refractivity contribution in [2.75, 3.05) is 0 Å². The fourth-order valence-electron chi connectivity index (χ4n) is 0. The van der Waals surface area contributed by atoms with Crippen molar-refractivity contribution in [1.29, 1.82) is 0 Å². The van der Waals surface area contributed by atoms with Gasteiger partial charge in [-0.3, -0.25) is 0 Å². The summed E-state index contributed by atoms with van der Waals surface area (Å²) in [6.07, 6.45) is 0. The summed E-state index contributed by atoms with van der Waals surface area (Å²) < 4.78 is 0. The van der Waals surface area contributed by atoms with E-state index in [0.717, 1.165) is 0 Å². The molecule has 0 N–H and O–H groups in total. The second-order valence-corrected chi connectivity index (χ2v) is 4.72. The molecular formula is H3Cl5Zn. The van der Waals surface area contributed by atoms with Crippen molar-refractivity contribution >= 4 is 56.6 Å². The molecule has 0 saturated carbocycles. The second kappa shape index (κ2) is 27.6. The summed E-state index contributed by atoms with van der Waals surface area (Å²) in [6, 6.07) is 0. The van der Waals surface area contributed by atoms with Crippen LogP contribution in [0, 0.1) is 0 Å². The normalized spacial score (nSPS) is 1.67. The molecule has 0 unspecified atom stereocenters. The van der Waals surface area contributed by atoms with Crippen molar-refractivity contribution in [3.05, 3.63) is 0 Å². The molecule has 0 fully saturated rings. The van der Waals surface area contributed by atoms with Gasteiger partial charge in [0.2, 0.25) is 0 Å². The molecule has 6 heavy (non-hydrogen) atoms. The summed E-state index contributed by atoms with van der Waals surface area (Å²) in [6.45, 7) is 0. The summed E-state index contributed by atoms with van der Waals surface area (Å²) in [5, 5.41) is 0. The first-order chi connectivity index (χ1) is 1.41. The average Bonchev–Trinajstić information content (AvgIpc) is 0.918. The van der Waals surface area contributed by atoms with Gasteiger partial charge in [0.15, 0.2) is 0 Å². The van der Waals surface area contributed by atoms with Gasteiger partial charge >= 0.3 is 34.5 Å².